The van der Waals surface area contributed by atoms with Gasteiger partial charge in [0.1, 0.15) is 0 Å². The van der Waals surface area contributed by atoms with Crippen LogP contribution in [0.2, 0.25) is 0 Å². The number of benzene rings is 1. The van der Waals surface area contributed by atoms with Crippen LogP contribution in [-0.2, 0) is 17.6 Å². The number of nitrogens with zero attached hydrogens (tertiary/aromatic N) is 1. The Labute approximate surface area is 131 Å². The Morgan fingerprint density at radius 3 is 3.09 bits per heavy atom. The minimum absolute atomic E-state index is 0.110. The molecule has 2 aromatic rings. The SMILES string of the molecule is O=C(C[C@H]1NC(=O)c2ccccc21)Nc1nc2c(s1)CCC2. The second kappa shape index (κ2) is 5.21. The molecule has 1 aliphatic heterocycles. The highest BCUT2D eigenvalue weighted by molar-refractivity contribution is 7.15. The zero-order chi connectivity index (χ0) is 15.1. The largest absolute Gasteiger partial charge is 0.345 e. The van der Waals surface area contributed by atoms with Crippen LogP contribution in [0.4, 0.5) is 5.13 Å². The molecule has 2 amide bonds. The number of anilines is 1. The summed E-state index contributed by atoms with van der Waals surface area (Å²) in [4.78, 5) is 29.8. The van der Waals surface area contributed by atoms with E-state index >= 15 is 0 Å². The Hall–Kier alpha value is -2.21. The molecule has 2 aliphatic rings. The third kappa shape index (κ3) is 2.29. The molecule has 0 saturated carbocycles. The summed E-state index contributed by atoms with van der Waals surface area (Å²) < 4.78 is 0. The number of nitrogens with one attached hydrogen (secondary N) is 2. The van der Waals surface area contributed by atoms with Crippen LogP contribution in [0.25, 0.3) is 0 Å². The molecule has 1 atom stereocenters. The molecule has 2 heterocycles. The van der Waals surface area contributed by atoms with Crippen LogP contribution < -0.4 is 10.6 Å². The van der Waals surface area contributed by atoms with E-state index in [9.17, 15) is 9.59 Å². The van der Waals surface area contributed by atoms with Gasteiger partial charge in [-0.25, -0.2) is 4.98 Å². The number of carbonyl (C=O) groups excluding carboxylic acids is 2. The summed E-state index contributed by atoms with van der Waals surface area (Å²) in [5.74, 6) is -0.226. The Bertz CT molecular complexity index is 747. The van der Waals surface area contributed by atoms with Crippen LogP contribution in [0.15, 0.2) is 24.3 Å². The van der Waals surface area contributed by atoms with Crippen molar-refractivity contribution < 1.29 is 9.59 Å². The lowest BCUT2D eigenvalue weighted by atomic mass is 10.0. The van der Waals surface area contributed by atoms with Crippen LogP contribution in [0.5, 0.6) is 0 Å². The van der Waals surface area contributed by atoms with Crippen molar-refractivity contribution >= 4 is 28.3 Å². The number of carbonyl (C=O) groups is 2. The first kappa shape index (κ1) is 13.5. The summed E-state index contributed by atoms with van der Waals surface area (Å²) in [6.07, 6.45) is 3.46. The first-order valence-electron chi connectivity index (χ1n) is 7.39. The van der Waals surface area contributed by atoms with E-state index in [0.29, 0.717) is 10.7 Å². The summed E-state index contributed by atoms with van der Waals surface area (Å²) in [5.41, 5.74) is 2.68. The number of aryl methyl sites for hydroxylation is 2. The van der Waals surface area contributed by atoms with Crippen LogP contribution >= 0.6 is 11.3 Å². The molecule has 22 heavy (non-hydrogen) atoms. The molecule has 1 aromatic carbocycles. The molecule has 0 saturated heterocycles. The average molecular weight is 313 g/mol. The molecule has 0 spiro atoms. The van der Waals surface area contributed by atoms with Gasteiger partial charge in [0.05, 0.1) is 18.2 Å². The summed E-state index contributed by atoms with van der Waals surface area (Å²) in [5, 5.41) is 6.39. The van der Waals surface area contributed by atoms with Crippen molar-refractivity contribution in [2.24, 2.45) is 0 Å². The fraction of sp³-hybridized carbons (Fsp3) is 0.312. The molecule has 0 radical (unpaired) electrons. The van der Waals surface area contributed by atoms with Gasteiger partial charge in [0, 0.05) is 10.4 Å². The number of thiazole rings is 1. The third-order valence-corrected chi connectivity index (χ3v) is 5.19. The predicted molar refractivity (Wildman–Crippen MR) is 84.0 cm³/mol. The van der Waals surface area contributed by atoms with Gasteiger partial charge in [0.2, 0.25) is 5.91 Å². The number of rotatable bonds is 3. The molecular formula is C16H15N3O2S. The van der Waals surface area contributed by atoms with Gasteiger partial charge in [0.25, 0.3) is 5.91 Å². The fourth-order valence-corrected chi connectivity index (χ4v) is 4.15. The van der Waals surface area contributed by atoms with Crippen molar-refractivity contribution in [3.63, 3.8) is 0 Å². The highest BCUT2D eigenvalue weighted by Gasteiger charge is 2.29. The normalized spacial score (nSPS) is 18.7. The summed E-state index contributed by atoms with van der Waals surface area (Å²) in [6.45, 7) is 0. The molecule has 112 valence electrons. The van der Waals surface area contributed by atoms with E-state index in [2.05, 4.69) is 15.6 Å². The molecular weight excluding hydrogens is 298 g/mol. The van der Waals surface area contributed by atoms with Crippen molar-refractivity contribution in [1.82, 2.24) is 10.3 Å². The van der Waals surface area contributed by atoms with Gasteiger partial charge in [-0.3, -0.25) is 9.59 Å². The third-order valence-electron chi connectivity index (χ3n) is 4.12. The molecule has 1 aliphatic carbocycles. The van der Waals surface area contributed by atoms with Gasteiger partial charge in [-0.2, -0.15) is 0 Å². The molecule has 4 rings (SSSR count). The maximum absolute atomic E-state index is 12.2. The summed E-state index contributed by atoms with van der Waals surface area (Å²) in [7, 11) is 0. The van der Waals surface area contributed by atoms with Crippen LogP contribution in [-0.4, -0.2) is 16.8 Å². The van der Waals surface area contributed by atoms with E-state index in [1.807, 2.05) is 18.2 Å². The van der Waals surface area contributed by atoms with Crippen molar-refractivity contribution in [2.45, 2.75) is 31.7 Å². The second-order valence-corrected chi connectivity index (χ2v) is 6.69. The zero-order valence-corrected chi connectivity index (χ0v) is 12.7. The van der Waals surface area contributed by atoms with Crippen LogP contribution in [0, 0.1) is 0 Å². The minimum atomic E-state index is -0.254. The van der Waals surface area contributed by atoms with E-state index in [-0.39, 0.29) is 24.3 Å². The number of hydrogen-bond acceptors (Lipinski definition) is 4. The highest BCUT2D eigenvalue weighted by atomic mass is 32.1. The Morgan fingerprint density at radius 1 is 1.36 bits per heavy atom. The average Bonchev–Trinajstić information content (AvgIpc) is 3.14. The molecule has 2 N–H and O–H groups in total. The van der Waals surface area contributed by atoms with E-state index < -0.39 is 0 Å². The Balaban J connectivity index is 1.45. The maximum Gasteiger partial charge on any atom is 0.252 e. The summed E-state index contributed by atoms with van der Waals surface area (Å²) >= 11 is 1.56. The smallest absolute Gasteiger partial charge is 0.252 e. The second-order valence-electron chi connectivity index (χ2n) is 5.61. The van der Waals surface area contributed by atoms with E-state index in [0.717, 1.165) is 30.5 Å². The molecule has 0 unspecified atom stereocenters. The van der Waals surface area contributed by atoms with Gasteiger partial charge in [0.15, 0.2) is 5.13 Å². The van der Waals surface area contributed by atoms with Gasteiger partial charge in [-0.1, -0.05) is 18.2 Å². The standard InChI is InChI=1S/C16H15N3O2S/c20-14(19-16-18-11-6-3-7-13(11)22-16)8-12-9-4-1-2-5-10(9)15(21)17-12/h1-2,4-5,12H,3,6-8H2,(H,17,21)(H,18,19,20)/t12-/m1/s1. The number of aromatic nitrogens is 1. The van der Waals surface area contributed by atoms with Gasteiger partial charge in [-0.05, 0) is 30.9 Å². The number of hydrogen-bond donors (Lipinski definition) is 2. The van der Waals surface area contributed by atoms with Crippen molar-refractivity contribution in [2.75, 3.05) is 5.32 Å². The first-order chi connectivity index (χ1) is 10.7. The van der Waals surface area contributed by atoms with E-state index in [1.54, 1.807) is 17.4 Å². The van der Waals surface area contributed by atoms with Gasteiger partial charge < -0.3 is 10.6 Å². The quantitative estimate of drug-likeness (QED) is 0.914. The lowest BCUT2D eigenvalue weighted by Gasteiger charge is -2.10. The summed E-state index contributed by atoms with van der Waals surface area (Å²) in [6, 6.07) is 7.14. The fourth-order valence-electron chi connectivity index (χ4n) is 3.08. The molecule has 0 fully saturated rings. The molecule has 5 nitrogen and oxygen atoms in total. The monoisotopic (exact) mass is 313 g/mol. The highest BCUT2D eigenvalue weighted by Crippen LogP contribution is 2.31. The number of fused-ring (bicyclic) bond motifs is 2. The Kier molecular flexibility index (Phi) is 3.18. The van der Waals surface area contributed by atoms with E-state index in [4.69, 9.17) is 0 Å². The Morgan fingerprint density at radius 2 is 2.23 bits per heavy atom. The topological polar surface area (TPSA) is 71.1 Å². The van der Waals surface area contributed by atoms with Crippen molar-refractivity contribution in [3.05, 3.63) is 46.0 Å². The first-order valence-corrected chi connectivity index (χ1v) is 8.20. The molecule has 1 aromatic heterocycles. The van der Waals surface area contributed by atoms with Crippen molar-refractivity contribution in [1.29, 1.82) is 0 Å². The predicted octanol–water partition coefficient (Wildman–Crippen LogP) is 2.45. The number of amides is 2. The molecule has 0 bridgehead atoms. The zero-order valence-electron chi connectivity index (χ0n) is 11.9. The van der Waals surface area contributed by atoms with Crippen LogP contribution in [0.3, 0.4) is 0 Å². The minimum Gasteiger partial charge on any atom is -0.345 e. The maximum atomic E-state index is 12.2. The van der Waals surface area contributed by atoms with Gasteiger partial charge >= 0.3 is 0 Å². The lowest BCUT2D eigenvalue weighted by Crippen LogP contribution is -2.24. The molecule has 6 heteroatoms. The van der Waals surface area contributed by atoms with Gasteiger partial charge in [-0.15, -0.1) is 11.3 Å². The lowest BCUT2D eigenvalue weighted by molar-refractivity contribution is -0.116. The van der Waals surface area contributed by atoms with Crippen LogP contribution in [0.1, 0.15) is 45.4 Å². The van der Waals surface area contributed by atoms with Crippen molar-refractivity contribution in [3.8, 4) is 0 Å². The van der Waals surface area contributed by atoms with E-state index in [1.165, 1.54) is 4.88 Å².